The van der Waals surface area contributed by atoms with Crippen molar-refractivity contribution in [3.63, 3.8) is 0 Å². The molecule has 1 atom stereocenters. The third-order valence-electron chi connectivity index (χ3n) is 3.21. The molecule has 0 heterocycles. The second-order valence-corrected chi connectivity index (χ2v) is 6.66. The number of carbonyl (C=O) groups excluding carboxylic acids is 1. The van der Waals surface area contributed by atoms with Crippen LogP contribution in [0.3, 0.4) is 0 Å². The van der Waals surface area contributed by atoms with Crippen molar-refractivity contribution in [2.24, 2.45) is 11.1 Å². The van der Waals surface area contributed by atoms with Crippen LogP contribution >= 0.6 is 0 Å². The van der Waals surface area contributed by atoms with E-state index in [4.69, 9.17) is 5.73 Å². The van der Waals surface area contributed by atoms with E-state index in [1.807, 2.05) is 12.1 Å². The van der Waals surface area contributed by atoms with E-state index in [0.717, 1.165) is 12.1 Å². The molecule has 0 fully saturated rings. The quantitative estimate of drug-likeness (QED) is 0.831. The molecule has 0 aliphatic rings. The largest absolute Gasteiger partial charge is 0.325 e. The third-order valence-corrected chi connectivity index (χ3v) is 3.21. The van der Waals surface area contributed by atoms with Gasteiger partial charge in [-0.3, -0.25) is 4.79 Å². The van der Waals surface area contributed by atoms with E-state index in [-0.39, 0.29) is 11.3 Å². The van der Waals surface area contributed by atoms with Crippen LogP contribution in [0.2, 0.25) is 0 Å². The summed E-state index contributed by atoms with van der Waals surface area (Å²) in [6.45, 7) is 8.44. The predicted molar refractivity (Wildman–Crippen MR) is 85.7 cm³/mol. The molecule has 3 nitrogen and oxygen atoms in total. The van der Waals surface area contributed by atoms with Gasteiger partial charge in [0.25, 0.3) is 0 Å². The molecule has 0 unspecified atom stereocenters. The van der Waals surface area contributed by atoms with Gasteiger partial charge in [0.05, 0.1) is 6.04 Å². The lowest BCUT2D eigenvalue weighted by Crippen LogP contribution is -2.38. The first kappa shape index (κ1) is 16.7. The minimum absolute atomic E-state index is 0.0563. The maximum Gasteiger partial charge on any atom is 0.241 e. The molecule has 20 heavy (non-hydrogen) atoms. The Kier molecular flexibility index (Phi) is 6.21. The molecule has 0 saturated carbocycles. The van der Waals surface area contributed by atoms with Crippen LogP contribution in [0.4, 0.5) is 5.69 Å². The summed E-state index contributed by atoms with van der Waals surface area (Å²) in [5.74, 6) is -0.110. The molecule has 0 radical (unpaired) electrons. The molecule has 0 bridgehead atoms. The van der Waals surface area contributed by atoms with Gasteiger partial charge in [-0.1, -0.05) is 46.2 Å². The summed E-state index contributed by atoms with van der Waals surface area (Å²) in [6, 6.07) is 7.58. The molecule has 3 heteroatoms. The van der Waals surface area contributed by atoms with Gasteiger partial charge in [-0.05, 0) is 42.4 Å². The van der Waals surface area contributed by atoms with Gasteiger partial charge in [-0.2, -0.15) is 0 Å². The summed E-state index contributed by atoms with van der Waals surface area (Å²) < 4.78 is 0. The van der Waals surface area contributed by atoms with Gasteiger partial charge in [0.1, 0.15) is 0 Å². The van der Waals surface area contributed by atoms with Gasteiger partial charge in [0.15, 0.2) is 0 Å². The number of anilines is 1. The standard InChI is InChI=1S/C17H28N2O/c1-5-6-7-13-8-10-14(11-9-13)19-16(20)15(18)12-17(2,3)4/h8-11,15H,5-7,12,18H2,1-4H3,(H,19,20)/t15-/m0/s1. The van der Waals surface area contributed by atoms with Crippen LogP contribution in [-0.4, -0.2) is 11.9 Å². The Morgan fingerprint density at radius 2 is 1.85 bits per heavy atom. The molecule has 0 aliphatic heterocycles. The number of rotatable bonds is 6. The van der Waals surface area contributed by atoms with Gasteiger partial charge >= 0.3 is 0 Å². The number of nitrogens with two attached hydrogens (primary N) is 1. The zero-order valence-corrected chi connectivity index (χ0v) is 13.2. The van der Waals surface area contributed by atoms with E-state index in [2.05, 4.69) is 45.1 Å². The first-order valence-electron chi connectivity index (χ1n) is 7.47. The monoisotopic (exact) mass is 276 g/mol. The fourth-order valence-electron chi connectivity index (χ4n) is 2.12. The zero-order chi connectivity index (χ0) is 15.2. The average Bonchev–Trinajstić information content (AvgIpc) is 2.36. The van der Waals surface area contributed by atoms with Crippen molar-refractivity contribution < 1.29 is 4.79 Å². The Morgan fingerprint density at radius 3 is 2.35 bits per heavy atom. The predicted octanol–water partition coefficient (Wildman–Crippen LogP) is 3.73. The summed E-state index contributed by atoms with van der Waals surface area (Å²) in [4.78, 5) is 12.0. The van der Waals surface area contributed by atoms with Crippen LogP contribution in [0, 0.1) is 5.41 Å². The zero-order valence-electron chi connectivity index (χ0n) is 13.2. The summed E-state index contributed by atoms with van der Waals surface area (Å²) in [7, 11) is 0. The van der Waals surface area contributed by atoms with Crippen LogP contribution in [0.5, 0.6) is 0 Å². The molecule has 1 rings (SSSR count). The van der Waals surface area contributed by atoms with Crippen LogP contribution in [0.1, 0.15) is 52.5 Å². The molecule has 0 aliphatic carbocycles. The molecule has 3 N–H and O–H groups in total. The third kappa shape index (κ3) is 6.20. The lowest BCUT2D eigenvalue weighted by molar-refractivity contribution is -0.118. The van der Waals surface area contributed by atoms with Gasteiger partial charge in [0, 0.05) is 5.69 Å². The molecule has 1 amide bonds. The van der Waals surface area contributed by atoms with Crippen molar-refractivity contribution in [1.29, 1.82) is 0 Å². The van der Waals surface area contributed by atoms with E-state index in [1.54, 1.807) is 0 Å². The minimum atomic E-state index is -0.463. The number of carbonyl (C=O) groups is 1. The van der Waals surface area contributed by atoms with Crippen molar-refractivity contribution >= 4 is 11.6 Å². The fourth-order valence-corrected chi connectivity index (χ4v) is 2.12. The smallest absolute Gasteiger partial charge is 0.241 e. The number of hydrogen-bond acceptors (Lipinski definition) is 2. The first-order valence-corrected chi connectivity index (χ1v) is 7.47. The molecular formula is C17H28N2O. The second-order valence-electron chi connectivity index (χ2n) is 6.66. The lowest BCUT2D eigenvalue weighted by atomic mass is 9.88. The van der Waals surface area contributed by atoms with Crippen molar-refractivity contribution in [3.8, 4) is 0 Å². The van der Waals surface area contributed by atoms with Crippen LogP contribution < -0.4 is 11.1 Å². The minimum Gasteiger partial charge on any atom is -0.325 e. The number of hydrogen-bond donors (Lipinski definition) is 2. The normalized spacial score (nSPS) is 13.1. The summed E-state index contributed by atoms with van der Waals surface area (Å²) in [6.07, 6.45) is 4.16. The Balaban J connectivity index is 2.53. The van der Waals surface area contributed by atoms with Crippen molar-refractivity contribution in [3.05, 3.63) is 29.8 Å². The van der Waals surface area contributed by atoms with Gasteiger partial charge in [0.2, 0.25) is 5.91 Å². The van der Waals surface area contributed by atoms with Crippen molar-refractivity contribution in [2.75, 3.05) is 5.32 Å². The van der Waals surface area contributed by atoms with Gasteiger partial charge < -0.3 is 11.1 Å². The van der Waals surface area contributed by atoms with Crippen LogP contribution in [0.15, 0.2) is 24.3 Å². The first-order chi connectivity index (χ1) is 9.31. The van der Waals surface area contributed by atoms with E-state index < -0.39 is 6.04 Å². The lowest BCUT2D eigenvalue weighted by Gasteiger charge is -2.22. The number of benzene rings is 1. The Hall–Kier alpha value is -1.35. The molecule has 0 saturated heterocycles. The van der Waals surface area contributed by atoms with Crippen LogP contribution in [-0.2, 0) is 11.2 Å². The number of amides is 1. The van der Waals surface area contributed by atoms with Crippen molar-refractivity contribution in [1.82, 2.24) is 0 Å². The highest BCUT2D eigenvalue weighted by molar-refractivity contribution is 5.94. The number of unbranched alkanes of at least 4 members (excludes halogenated alkanes) is 1. The fraction of sp³-hybridized carbons (Fsp3) is 0.588. The maximum atomic E-state index is 12.0. The Bertz CT molecular complexity index is 418. The van der Waals surface area contributed by atoms with E-state index >= 15 is 0 Å². The summed E-state index contributed by atoms with van der Waals surface area (Å²) in [5, 5.41) is 2.88. The van der Waals surface area contributed by atoms with E-state index in [0.29, 0.717) is 6.42 Å². The topological polar surface area (TPSA) is 55.1 Å². The summed E-state index contributed by atoms with van der Waals surface area (Å²) >= 11 is 0. The van der Waals surface area contributed by atoms with Crippen molar-refractivity contribution in [2.45, 2.75) is 59.4 Å². The van der Waals surface area contributed by atoms with Gasteiger partial charge in [-0.15, -0.1) is 0 Å². The molecule has 0 aromatic heterocycles. The van der Waals surface area contributed by atoms with Crippen LogP contribution in [0.25, 0.3) is 0 Å². The average molecular weight is 276 g/mol. The number of nitrogens with one attached hydrogen (secondary N) is 1. The SMILES string of the molecule is CCCCc1ccc(NC(=O)[C@@H](N)CC(C)(C)C)cc1. The molecule has 1 aromatic rings. The highest BCUT2D eigenvalue weighted by atomic mass is 16.2. The number of aryl methyl sites for hydroxylation is 1. The molecule has 112 valence electrons. The molecule has 1 aromatic carbocycles. The Labute approximate surface area is 122 Å². The highest BCUT2D eigenvalue weighted by Crippen LogP contribution is 2.20. The summed E-state index contributed by atoms with van der Waals surface area (Å²) in [5.41, 5.74) is 8.12. The molecular weight excluding hydrogens is 248 g/mol. The Morgan fingerprint density at radius 1 is 1.25 bits per heavy atom. The van der Waals surface area contributed by atoms with E-state index in [1.165, 1.54) is 18.4 Å². The van der Waals surface area contributed by atoms with Gasteiger partial charge in [-0.25, -0.2) is 0 Å². The second kappa shape index (κ2) is 7.44. The maximum absolute atomic E-state index is 12.0. The highest BCUT2D eigenvalue weighted by Gasteiger charge is 2.21. The molecule has 0 spiro atoms. The van der Waals surface area contributed by atoms with E-state index in [9.17, 15) is 4.79 Å².